The number of nitrogens with one attached hydrogen (secondary N) is 1. The van der Waals surface area contributed by atoms with E-state index < -0.39 is 29.4 Å². The molecule has 2 aromatic carbocycles. The average Bonchev–Trinajstić information content (AvgIpc) is 2.68. The molecule has 0 saturated heterocycles. The van der Waals surface area contributed by atoms with E-state index in [1.165, 1.54) is 43.5 Å². The normalized spacial score (nSPS) is 12.9. The van der Waals surface area contributed by atoms with Gasteiger partial charge in [-0.15, -0.1) is 0 Å². The summed E-state index contributed by atoms with van der Waals surface area (Å²) < 4.78 is 41.4. The Morgan fingerprint density at radius 1 is 1.14 bits per heavy atom. The minimum absolute atomic E-state index is 0.0692. The Hall–Kier alpha value is -3.20. The van der Waals surface area contributed by atoms with Crippen LogP contribution in [0.15, 0.2) is 53.7 Å². The topological polar surface area (TPSA) is 76.5 Å². The number of carbonyl (C=O) groups is 1. The van der Waals surface area contributed by atoms with Crippen molar-refractivity contribution in [2.24, 2.45) is 5.16 Å². The Balaban J connectivity index is 2.23. The monoisotopic (exact) mass is 422 g/mol. The molecule has 3 rings (SSSR count). The van der Waals surface area contributed by atoms with E-state index in [0.29, 0.717) is 5.02 Å². The molecule has 0 aliphatic rings. The van der Waals surface area contributed by atoms with Gasteiger partial charge in [-0.05, 0) is 29.8 Å². The molecule has 1 aromatic heterocycles. The molecule has 0 fully saturated rings. The van der Waals surface area contributed by atoms with Gasteiger partial charge in [0.2, 0.25) is 5.91 Å². The molecule has 0 spiro atoms. The van der Waals surface area contributed by atoms with Gasteiger partial charge in [0, 0.05) is 5.02 Å². The molecule has 1 atom stereocenters. The molecule has 1 N–H and O–H groups in total. The van der Waals surface area contributed by atoms with Crippen LogP contribution in [0.3, 0.4) is 0 Å². The number of aromatic nitrogens is 2. The molecule has 29 heavy (non-hydrogen) atoms. The zero-order valence-electron chi connectivity index (χ0n) is 14.9. The second kappa shape index (κ2) is 8.44. The first-order valence-corrected chi connectivity index (χ1v) is 8.63. The van der Waals surface area contributed by atoms with Gasteiger partial charge in [-0.3, -0.25) is 4.79 Å². The van der Waals surface area contributed by atoms with E-state index >= 15 is 0 Å². The van der Waals surface area contributed by atoms with Gasteiger partial charge >= 0.3 is 6.18 Å². The van der Waals surface area contributed by atoms with Crippen LogP contribution in [0.1, 0.15) is 22.9 Å². The smallest absolute Gasteiger partial charge is 0.398 e. The number of rotatable bonds is 5. The fourth-order valence-corrected chi connectivity index (χ4v) is 2.86. The summed E-state index contributed by atoms with van der Waals surface area (Å²) in [6.45, 7) is 0. The van der Waals surface area contributed by atoms with Crippen LogP contribution in [0.25, 0.3) is 11.0 Å². The van der Waals surface area contributed by atoms with Crippen molar-refractivity contribution in [1.82, 2.24) is 15.3 Å². The lowest BCUT2D eigenvalue weighted by molar-refractivity contribution is -0.142. The SMILES string of the molecule is CO/N=C\NC(=O)[C@@H](c1ccc(Cl)cc1)c1nc2ccccc2nc1C(F)(F)F. The summed E-state index contributed by atoms with van der Waals surface area (Å²) in [7, 11) is 1.26. The molecule has 10 heteroatoms. The van der Waals surface area contributed by atoms with E-state index in [0.717, 1.165) is 6.34 Å². The lowest BCUT2D eigenvalue weighted by Crippen LogP contribution is -2.31. The van der Waals surface area contributed by atoms with Crippen molar-refractivity contribution >= 4 is 34.9 Å². The van der Waals surface area contributed by atoms with Crippen LogP contribution in [0, 0.1) is 0 Å². The molecule has 0 aliphatic carbocycles. The lowest BCUT2D eigenvalue weighted by atomic mass is 9.92. The first kappa shape index (κ1) is 20.5. The molecule has 0 unspecified atom stereocenters. The lowest BCUT2D eigenvalue weighted by Gasteiger charge is -2.20. The van der Waals surface area contributed by atoms with Crippen molar-refractivity contribution in [3.63, 3.8) is 0 Å². The summed E-state index contributed by atoms with van der Waals surface area (Å²) in [5, 5.41) is 6.05. The average molecular weight is 423 g/mol. The van der Waals surface area contributed by atoms with Gasteiger partial charge in [-0.2, -0.15) is 13.2 Å². The number of halogens is 4. The molecule has 3 aromatic rings. The molecule has 0 bridgehead atoms. The minimum atomic E-state index is -4.82. The number of oxime groups is 1. The van der Waals surface area contributed by atoms with Gasteiger partial charge in [0.15, 0.2) is 5.69 Å². The van der Waals surface area contributed by atoms with E-state index in [4.69, 9.17) is 11.6 Å². The van der Waals surface area contributed by atoms with Crippen LogP contribution in [0.5, 0.6) is 0 Å². The Morgan fingerprint density at radius 2 is 1.76 bits per heavy atom. The van der Waals surface area contributed by atoms with Crippen molar-refractivity contribution in [2.75, 3.05) is 7.11 Å². The number of nitrogens with zero attached hydrogens (tertiary/aromatic N) is 3. The third-order valence-corrected chi connectivity index (χ3v) is 4.22. The second-order valence-corrected chi connectivity index (χ2v) is 6.29. The van der Waals surface area contributed by atoms with Crippen molar-refractivity contribution in [1.29, 1.82) is 0 Å². The predicted octanol–water partition coefficient (Wildman–Crippen LogP) is 4.14. The quantitative estimate of drug-likeness (QED) is 0.381. The maximum atomic E-state index is 13.8. The van der Waals surface area contributed by atoms with Gasteiger partial charge in [-0.1, -0.05) is 41.0 Å². The molecular weight excluding hydrogens is 409 g/mol. The molecule has 1 amide bonds. The number of carbonyl (C=O) groups excluding carboxylic acids is 1. The summed E-state index contributed by atoms with van der Waals surface area (Å²) in [5.74, 6) is -2.20. The second-order valence-electron chi connectivity index (χ2n) is 5.85. The standard InChI is InChI=1S/C19H14ClF3N4O2/c1-29-25-10-24-18(28)15(11-6-8-12(20)9-7-11)16-17(19(21,22)23)27-14-5-3-2-4-13(14)26-16/h2-10,15H,1H3,(H,24,25,28)/t15-/m0/s1. The Kier molecular flexibility index (Phi) is 5.97. The summed E-state index contributed by atoms with van der Waals surface area (Å²) >= 11 is 5.88. The highest BCUT2D eigenvalue weighted by Crippen LogP contribution is 2.36. The number of amides is 1. The molecule has 0 radical (unpaired) electrons. The molecule has 0 saturated carbocycles. The number of alkyl halides is 3. The van der Waals surface area contributed by atoms with E-state index in [1.807, 2.05) is 0 Å². The van der Waals surface area contributed by atoms with E-state index in [9.17, 15) is 18.0 Å². The predicted molar refractivity (Wildman–Crippen MR) is 101 cm³/mol. The van der Waals surface area contributed by atoms with Crippen molar-refractivity contribution in [2.45, 2.75) is 12.1 Å². The Bertz CT molecular complexity index is 1060. The van der Waals surface area contributed by atoms with Crippen molar-refractivity contribution < 1.29 is 22.8 Å². The van der Waals surface area contributed by atoms with Crippen LogP contribution in [-0.4, -0.2) is 29.3 Å². The molecular formula is C19H14ClF3N4O2. The van der Waals surface area contributed by atoms with Crippen LogP contribution in [-0.2, 0) is 15.8 Å². The number of hydrogen-bond donors (Lipinski definition) is 1. The highest BCUT2D eigenvalue weighted by Gasteiger charge is 2.41. The summed E-state index contributed by atoms with van der Waals surface area (Å²) in [6, 6.07) is 12.0. The maximum Gasteiger partial charge on any atom is 0.435 e. The van der Waals surface area contributed by atoms with Gasteiger partial charge < -0.3 is 10.2 Å². The summed E-state index contributed by atoms with van der Waals surface area (Å²) in [5.41, 5.74) is -1.21. The van der Waals surface area contributed by atoms with Crippen molar-refractivity contribution in [3.8, 4) is 0 Å². The number of fused-ring (bicyclic) bond motifs is 1. The van der Waals surface area contributed by atoms with Crippen LogP contribution >= 0.6 is 11.6 Å². The minimum Gasteiger partial charge on any atom is -0.398 e. The van der Waals surface area contributed by atoms with Crippen molar-refractivity contribution in [3.05, 3.63) is 70.5 Å². The van der Waals surface area contributed by atoms with Crippen LogP contribution in [0.4, 0.5) is 13.2 Å². The number of hydrogen-bond acceptors (Lipinski definition) is 5. The third-order valence-electron chi connectivity index (χ3n) is 3.97. The number of benzene rings is 2. The van der Waals surface area contributed by atoms with Crippen LogP contribution in [0.2, 0.25) is 5.02 Å². The maximum absolute atomic E-state index is 13.8. The molecule has 150 valence electrons. The highest BCUT2D eigenvalue weighted by molar-refractivity contribution is 6.30. The van der Waals surface area contributed by atoms with E-state index in [-0.39, 0.29) is 16.6 Å². The largest absolute Gasteiger partial charge is 0.435 e. The zero-order chi connectivity index (χ0) is 21.0. The van der Waals surface area contributed by atoms with E-state index in [2.05, 4.69) is 25.3 Å². The Labute approximate surface area is 168 Å². The number of para-hydroxylation sites is 2. The van der Waals surface area contributed by atoms with Gasteiger partial charge in [0.1, 0.15) is 19.4 Å². The Morgan fingerprint density at radius 3 is 2.34 bits per heavy atom. The molecule has 1 heterocycles. The first-order valence-electron chi connectivity index (χ1n) is 8.26. The molecule has 0 aliphatic heterocycles. The highest BCUT2D eigenvalue weighted by atomic mass is 35.5. The van der Waals surface area contributed by atoms with Crippen LogP contribution < -0.4 is 5.32 Å². The van der Waals surface area contributed by atoms with E-state index in [1.54, 1.807) is 12.1 Å². The summed E-state index contributed by atoms with van der Waals surface area (Å²) in [6.07, 6.45) is -3.88. The molecule has 6 nitrogen and oxygen atoms in total. The van der Waals surface area contributed by atoms with Gasteiger partial charge in [0.25, 0.3) is 0 Å². The first-order chi connectivity index (χ1) is 13.8. The fraction of sp³-hybridized carbons (Fsp3) is 0.158. The van der Waals surface area contributed by atoms with Gasteiger partial charge in [-0.25, -0.2) is 9.97 Å². The fourth-order valence-electron chi connectivity index (χ4n) is 2.74. The third kappa shape index (κ3) is 4.62. The van der Waals surface area contributed by atoms with Gasteiger partial charge in [0.05, 0.1) is 16.7 Å². The summed E-state index contributed by atoms with van der Waals surface area (Å²) in [4.78, 5) is 25.1. The zero-order valence-corrected chi connectivity index (χ0v) is 15.7.